The Bertz CT molecular complexity index is 765. The predicted molar refractivity (Wildman–Crippen MR) is 108 cm³/mol. The van der Waals surface area contributed by atoms with Crippen molar-refractivity contribution in [2.45, 2.75) is 19.8 Å². The van der Waals surface area contributed by atoms with E-state index in [9.17, 15) is 14.7 Å². The third-order valence-electron chi connectivity index (χ3n) is 4.64. The van der Waals surface area contributed by atoms with E-state index in [4.69, 9.17) is 4.74 Å². The van der Waals surface area contributed by atoms with E-state index >= 15 is 0 Å². The van der Waals surface area contributed by atoms with Gasteiger partial charge in [0.2, 0.25) is 5.91 Å². The van der Waals surface area contributed by atoms with Gasteiger partial charge in [-0.3, -0.25) is 9.69 Å². The maximum absolute atomic E-state index is 12.5. The summed E-state index contributed by atoms with van der Waals surface area (Å²) in [6.07, 6.45) is 1.80. The first-order chi connectivity index (χ1) is 13.1. The minimum Gasteiger partial charge on any atom is -0.462 e. The van der Waals surface area contributed by atoms with Gasteiger partial charge in [-0.15, -0.1) is 22.7 Å². The molecule has 1 aliphatic heterocycles. The van der Waals surface area contributed by atoms with Crippen molar-refractivity contribution in [1.29, 1.82) is 0 Å². The average molecular weight is 409 g/mol. The molecule has 8 heteroatoms. The van der Waals surface area contributed by atoms with E-state index in [-0.39, 0.29) is 25.7 Å². The van der Waals surface area contributed by atoms with Gasteiger partial charge in [0.05, 0.1) is 13.2 Å². The molecule has 1 amide bonds. The number of nitrogens with one attached hydrogen (secondary N) is 1. The van der Waals surface area contributed by atoms with Crippen LogP contribution in [-0.2, 0) is 9.53 Å². The van der Waals surface area contributed by atoms with Gasteiger partial charge in [0.25, 0.3) is 0 Å². The number of piperidine rings is 1. The van der Waals surface area contributed by atoms with Crippen LogP contribution in [0.5, 0.6) is 0 Å². The van der Waals surface area contributed by atoms with Crippen molar-refractivity contribution < 1.29 is 19.4 Å². The monoisotopic (exact) mass is 408 g/mol. The molecule has 6 nitrogen and oxygen atoms in total. The Morgan fingerprint density at radius 1 is 1.33 bits per heavy atom. The molecule has 0 bridgehead atoms. The average Bonchev–Trinajstić information content (AvgIpc) is 3.32. The molecule has 27 heavy (non-hydrogen) atoms. The number of aliphatic hydroxyl groups excluding tert-OH is 1. The normalized spacial score (nSPS) is 15.6. The van der Waals surface area contributed by atoms with Crippen LogP contribution in [-0.4, -0.2) is 54.7 Å². The van der Waals surface area contributed by atoms with E-state index in [1.807, 2.05) is 22.9 Å². The Balaban J connectivity index is 1.70. The van der Waals surface area contributed by atoms with Crippen LogP contribution < -0.4 is 5.32 Å². The molecular weight excluding hydrogens is 384 g/mol. The highest BCUT2D eigenvalue weighted by atomic mass is 32.1. The van der Waals surface area contributed by atoms with Crippen LogP contribution in [0.15, 0.2) is 22.9 Å². The highest BCUT2D eigenvalue weighted by Gasteiger charge is 2.25. The summed E-state index contributed by atoms with van der Waals surface area (Å²) < 4.78 is 5.21. The van der Waals surface area contributed by atoms with Gasteiger partial charge < -0.3 is 15.2 Å². The van der Waals surface area contributed by atoms with Crippen LogP contribution in [0.4, 0.5) is 5.00 Å². The molecule has 0 aliphatic carbocycles. The summed E-state index contributed by atoms with van der Waals surface area (Å²) in [6.45, 7) is 4.15. The number of aliphatic hydroxyl groups is 1. The molecule has 0 atom stereocenters. The number of hydrogen-bond acceptors (Lipinski definition) is 7. The number of rotatable bonds is 7. The van der Waals surface area contributed by atoms with Crippen molar-refractivity contribution >= 4 is 39.6 Å². The lowest BCUT2D eigenvalue weighted by molar-refractivity contribution is -0.117. The second-order valence-corrected chi connectivity index (χ2v) is 8.33. The molecule has 3 heterocycles. The summed E-state index contributed by atoms with van der Waals surface area (Å²) in [5, 5.41) is 16.5. The third kappa shape index (κ3) is 4.95. The molecule has 2 N–H and O–H groups in total. The molecule has 0 unspecified atom stereocenters. The summed E-state index contributed by atoms with van der Waals surface area (Å²) >= 11 is 2.89. The van der Waals surface area contributed by atoms with Crippen molar-refractivity contribution in [1.82, 2.24) is 4.90 Å². The van der Waals surface area contributed by atoms with E-state index < -0.39 is 5.97 Å². The third-order valence-corrected chi connectivity index (χ3v) is 6.44. The molecule has 1 saturated heterocycles. The molecule has 0 radical (unpaired) electrons. The quantitative estimate of drug-likeness (QED) is 0.688. The number of carbonyl (C=O) groups excluding carboxylic acids is 2. The van der Waals surface area contributed by atoms with E-state index in [0.29, 0.717) is 16.5 Å². The second-order valence-electron chi connectivity index (χ2n) is 6.50. The van der Waals surface area contributed by atoms with Gasteiger partial charge in [-0.2, -0.15) is 0 Å². The Hall–Kier alpha value is -1.74. The van der Waals surface area contributed by atoms with Crippen molar-refractivity contribution in [2.24, 2.45) is 5.92 Å². The number of amides is 1. The summed E-state index contributed by atoms with van der Waals surface area (Å²) in [7, 11) is 0. The molecular formula is C19H24N2O4S2. The van der Waals surface area contributed by atoms with Gasteiger partial charge in [-0.1, -0.05) is 6.07 Å². The molecule has 3 rings (SSSR count). The van der Waals surface area contributed by atoms with Crippen LogP contribution in [0.1, 0.15) is 30.1 Å². The van der Waals surface area contributed by atoms with Crippen molar-refractivity contribution in [3.8, 4) is 10.4 Å². The van der Waals surface area contributed by atoms with Crippen LogP contribution in [0.3, 0.4) is 0 Å². The fourth-order valence-electron chi connectivity index (χ4n) is 3.17. The number of ether oxygens (including phenoxy) is 1. The zero-order chi connectivity index (χ0) is 19.2. The van der Waals surface area contributed by atoms with Gasteiger partial charge in [0.15, 0.2) is 0 Å². The Morgan fingerprint density at radius 3 is 2.74 bits per heavy atom. The number of hydrogen-bond donors (Lipinski definition) is 2. The van der Waals surface area contributed by atoms with E-state index in [2.05, 4.69) is 10.2 Å². The molecule has 0 spiro atoms. The largest absolute Gasteiger partial charge is 0.462 e. The first-order valence-electron chi connectivity index (χ1n) is 9.08. The van der Waals surface area contributed by atoms with Gasteiger partial charge in [0, 0.05) is 22.4 Å². The van der Waals surface area contributed by atoms with Crippen LogP contribution in [0.2, 0.25) is 0 Å². The summed E-state index contributed by atoms with van der Waals surface area (Å²) in [6, 6.07) is 3.88. The van der Waals surface area contributed by atoms with E-state index in [1.165, 1.54) is 11.3 Å². The lowest BCUT2D eigenvalue weighted by Gasteiger charge is -2.30. The van der Waals surface area contributed by atoms with Gasteiger partial charge in [-0.05, 0) is 50.2 Å². The maximum Gasteiger partial charge on any atom is 0.341 e. The first-order valence-corrected chi connectivity index (χ1v) is 10.8. The molecule has 1 fully saturated rings. The standard InChI is InChI=1S/C19H24N2O4S2/c1-2-25-19(24)17-14(15-4-3-9-26-15)12-27-18(17)20-16(23)10-21-7-5-13(11-22)6-8-21/h3-4,9,12-13,22H,2,5-8,10-11H2,1H3,(H,20,23). The number of anilines is 1. The highest BCUT2D eigenvalue weighted by molar-refractivity contribution is 7.17. The summed E-state index contributed by atoms with van der Waals surface area (Å²) in [5.41, 5.74) is 1.23. The Morgan fingerprint density at radius 2 is 2.11 bits per heavy atom. The molecule has 0 aromatic carbocycles. The van der Waals surface area contributed by atoms with Crippen LogP contribution in [0, 0.1) is 5.92 Å². The van der Waals surface area contributed by atoms with Crippen LogP contribution >= 0.6 is 22.7 Å². The van der Waals surface area contributed by atoms with Crippen molar-refractivity contribution in [3.05, 3.63) is 28.5 Å². The number of nitrogens with zero attached hydrogens (tertiary/aromatic N) is 1. The van der Waals surface area contributed by atoms with Gasteiger partial charge in [0.1, 0.15) is 10.6 Å². The topological polar surface area (TPSA) is 78.9 Å². The zero-order valence-electron chi connectivity index (χ0n) is 15.3. The number of likely N-dealkylation sites (tertiary alicyclic amines) is 1. The molecule has 0 saturated carbocycles. The lowest BCUT2D eigenvalue weighted by atomic mass is 9.98. The molecule has 2 aromatic rings. The minimum atomic E-state index is -0.416. The summed E-state index contributed by atoms with van der Waals surface area (Å²) in [4.78, 5) is 28.1. The van der Waals surface area contributed by atoms with Crippen molar-refractivity contribution in [2.75, 3.05) is 38.2 Å². The smallest absolute Gasteiger partial charge is 0.341 e. The molecule has 1 aliphatic rings. The molecule has 146 valence electrons. The molecule has 2 aromatic heterocycles. The minimum absolute atomic E-state index is 0.137. The fourth-order valence-corrected chi connectivity index (χ4v) is 4.95. The predicted octanol–water partition coefficient (Wildman–Crippen LogP) is 3.30. The highest BCUT2D eigenvalue weighted by Crippen LogP contribution is 2.38. The van der Waals surface area contributed by atoms with Gasteiger partial charge >= 0.3 is 5.97 Å². The fraction of sp³-hybridized carbons (Fsp3) is 0.474. The van der Waals surface area contributed by atoms with Gasteiger partial charge in [-0.25, -0.2) is 4.79 Å². The van der Waals surface area contributed by atoms with Crippen LogP contribution in [0.25, 0.3) is 10.4 Å². The lowest BCUT2D eigenvalue weighted by Crippen LogP contribution is -2.39. The van der Waals surface area contributed by atoms with E-state index in [0.717, 1.165) is 36.4 Å². The van der Waals surface area contributed by atoms with Crippen molar-refractivity contribution in [3.63, 3.8) is 0 Å². The Labute approximate surface area is 166 Å². The Kier molecular flexibility index (Phi) is 7.01. The first kappa shape index (κ1) is 20.0. The zero-order valence-corrected chi connectivity index (χ0v) is 16.9. The maximum atomic E-state index is 12.5. The number of esters is 1. The summed E-state index contributed by atoms with van der Waals surface area (Å²) in [5.74, 6) is -0.214. The number of thiophene rings is 2. The SMILES string of the molecule is CCOC(=O)c1c(-c2cccs2)csc1NC(=O)CN1CCC(CO)CC1. The number of carbonyl (C=O) groups is 2. The van der Waals surface area contributed by atoms with E-state index in [1.54, 1.807) is 18.3 Å². The second kappa shape index (κ2) is 9.45.